The molecular formula is C42H38O4. The summed E-state index contributed by atoms with van der Waals surface area (Å²) < 4.78 is 10.2. The lowest BCUT2D eigenvalue weighted by atomic mass is 9.93. The number of carbonyl (C=O) groups is 2. The van der Waals surface area contributed by atoms with Gasteiger partial charge in [-0.2, -0.15) is 0 Å². The molecule has 0 radical (unpaired) electrons. The van der Waals surface area contributed by atoms with Crippen molar-refractivity contribution in [3.63, 3.8) is 0 Å². The minimum absolute atomic E-state index is 0.326. The summed E-state index contributed by atoms with van der Waals surface area (Å²) in [6, 6.07) is 24.8. The Morgan fingerprint density at radius 2 is 0.957 bits per heavy atom. The predicted octanol–water partition coefficient (Wildman–Crippen LogP) is 7.93. The molecule has 0 aliphatic heterocycles. The normalized spacial score (nSPS) is 10.1. The SMILES string of the molecule is C=CC(=O)OCCc1ccc(C#Cc2ccc(-c3c(C)cc(C#Cc4ccc(CCOC(=O)C=C)c(C)c4)cc3C)cc2)cc1C. The summed E-state index contributed by atoms with van der Waals surface area (Å²) >= 11 is 0. The van der Waals surface area contributed by atoms with Gasteiger partial charge in [-0.1, -0.05) is 61.1 Å². The fraction of sp³-hybridized carbons (Fsp3) is 0.190. The number of hydrogen-bond acceptors (Lipinski definition) is 4. The fourth-order valence-corrected chi connectivity index (χ4v) is 5.25. The smallest absolute Gasteiger partial charge is 0.330 e. The van der Waals surface area contributed by atoms with Crippen molar-refractivity contribution in [2.75, 3.05) is 13.2 Å². The highest BCUT2D eigenvalue weighted by molar-refractivity contribution is 5.81. The van der Waals surface area contributed by atoms with Gasteiger partial charge in [0.1, 0.15) is 0 Å². The van der Waals surface area contributed by atoms with Crippen LogP contribution in [-0.4, -0.2) is 25.2 Å². The maximum atomic E-state index is 11.3. The van der Waals surface area contributed by atoms with Gasteiger partial charge in [0, 0.05) is 47.2 Å². The van der Waals surface area contributed by atoms with E-state index in [1.165, 1.54) is 28.8 Å². The second-order valence-corrected chi connectivity index (χ2v) is 11.1. The van der Waals surface area contributed by atoms with Gasteiger partial charge in [-0.05, 0) is 121 Å². The minimum atomic E-state index is -0.406. The average Bonchev–Trinajstić information content (AvgIpc) is 3.04. The van der Waals surface area contributed by atoms with Gasteiger partial charge in [-0.15, -0.1) is 0 Å². The van der Waals surface area contributed by atoms with E-state index in [-0.39, 0.29) is 0 Å². The second-order valence-electron chi connectivity index (χ2n) is 11.1. The third-order valence-corrected chi connectivity index (χ3v) is 7.66. The Balaban J connectivity index is 1.42. The molecule has 0 aliphatic rings. The molecule has 46 heavy (non-hydrogen) atoms. The first kappa shape index (κ1) is 33.3. The Kier molecular flexibility index (Phi) is 11.5. The zero-order chi connectivity index (χ0) is 33.1. The van der Waals surface area contributed by atoms with Crippen LogP contribution < -0.4 is 0 Å². The molecule has 0 bridgehead atoms. The number of rotatable bonds is 9. The molecule has 4 rings (SSSR count). The molecule has 0 fully saturated rings. The van der Waals surface area contributed by atoms with Crippen LogP contribution in [0, 0.1) is 51.4 Å². The predicted molar refractivity (Wildman–Crippen MR) is 185 cm³/mol. The van der Waals surface area contributed by atoms with Crippen molar-refractivity contribution in [1.29, 1.82) is 0 Å². The Bertz CT molecular complexity index is 1880. The lowest BCUT2D eigenvalue weighted by Gasteiger charge is -2.11. The van der Waals surface area contributed by atoms with Gasteiger partial charge in [-0.25, -0.2) is 9.59 Å². The van der Waals surface area contributed by atoms with Gasteiger partial charge in [0.15, 0.2) is 0 Å². The lowest BCUT2D eigenvalue weighted by molar-refractivity contribution is -0.138. The van der Waals surface area contributed by atoms with Gasteiger partial charge in [0.25, 0.3) is 0 Å². The van der Waals surface area contributed by atoms with Crippen LogP contribution in [0.25, 0.3) is 11.1 Å². The molecule has 0 unspecified atom stereocenters. The summed E-state index contributed by atoms with van der Waals surface area (Å²) in [4.78, 5) is 22.5. The largest absolute Gasteiger partial charge is 0.462 e. The highest BCUT2D eigenvalue weighted by atomic mass is 16.5. The molecular weight excluding hydrogens is 568 g/mol. The molecule has 0 spiro atoms. The maximum Gasteiger partial charge on any atom is 0.330 e. The summed E-state index contributed by atoms with van der Waals surface area (Å²) in [6.07, 6.45) is 3.65. The topological polar surface area (TPSA) is 52.6 Å². The monoisotopic (exact) mass is 606 g/mol. The lowest BCUT2D eigenvalue weighted by Crippen LogP contribution is -2.05. The molecule has 0 atom stereocenters. The summed E-state index contributed by atoms with van der Waals surface area (Å²) in [6.45, 7) is 15.8. The van der Waals surface area contributed by atoms with Gasteiger partial charge >= 0.3 is 11.9 Å². The Hall–Kier alpha value is -5.58. The summed E-state index contributed by atoms with van der Waals surface area (Å²) in [7, 11) is 0. The fourth-order valence-electron chi connectivity index (χ4n) is 5.25. The second kappa shape index (κ2) is 15.9. The average molecular weight is 607 g/mol. The molecule has 4 nitrogen and oxygen atoms in total. The van der Waals surface area contributed by atoms with Gasteiger partial charge in [0.05, 0.1) is 13.2 Å². The highest BCUT2D eigenvalue weighted by Crippen LogP contribution is 2.28. The number of ether oxygens (including phenoxy) is 2. The van der Waals surface area contributed by atoms with E-state index in [0.717, 1.165) is 50.1 Å². The molecule has 4 aromatic carbocycles. The van der Waals surface area contributed by atoms with E-state index in [0.29, 0.717) is 26.1 Å². The van der Waals surface area contributed by atoms with Crippen LogP contribution in [0.15, 0.2) is 98.1 Å². The van der Waals surface area contributed by atoms with Crippen molar-refractivity contribution >= 4 is 11.9 Å². The van der Waals surface area contributed by atoms with E-state index >= 15 is 0 Å². The van der Waals surface area contributed by atoms with Crippen LogP contribution >= 0.6 is 0 Å². The van der Waals surface area contributed by atoms with Crippen LogP contribution in [-0.2, 0) is 31.9 Å². The number of hydrogen-bond donors (Lipinski definition) is 0. The van der Waals surface area contributed by atoms with Crippen molar-refractivity contribution in [1.82, 2.24) is 0 Å². The number of esters is 2. The van der Waals surface area contributed by atoms with Crippen LogP contribution in [0.2, 0.25) is 0 Å². The minimum Gasteiger partial charge on any atom is -0.462 e. The molecule has 230 valence electrons. The Labute approximate surface area is 272 Å². The first-order valence-electron chi connectivity index (χ1n) is 15.2. The van der Waals surface area contributed by atoms with Gasteiger partial charge in [-0.3, -0.25) is 0 Å². The van der Waals surface area contributed by atoms with Gasteiger partial charge < -0.3 is 9.47 Å². The van der Waals surface area contributed by atoms with Crippen LogP contribution in [0.4, 0.5) is 0 Å². The first-order valence-corrected chi connectivity index (χ1v) is 15.2. The van der Waals surface area contributed by atoms with E-state index in [1.807, 2.05) is 38.1 Å². The van der Waals surface area contributed by atoms with Crippen molar-refractivity contribution in [2.45, 2.75) is 40.5 Å². The Morgan fingerprint density at radius 3 is 1.39 bits per heavy atom. The van der Waals surface area contributed by atoms with Crippen LogP contribution in [0.3, 0.4) is 0 Å². The molecule has 4 heteroatoms. The van der Waals surface area contributed by atoms with Crippen molar-refractivity contribution in [3.05, 3.63) is 154 Å². The summed E-state index contributed by atoms with van der Waals surface area (Å²) in [5, 5.41) is 0. The van der Waals surface area contributed by atoms with E-state index in [9.17, 15) is 9.59 Å². The summed E-state index contributed by atoms with van der Waals surface area (Å²) in [5.74, 6) is 12.4. The van der Waals surface area contributed by atoms with Crippen molar-refractivity contribution < 1.29 is 19.1 Å². The molecule has 0 aromatic heterocycles. The third-order valence-electron chi connectivity index (χ3n) is 7.66. The highest BCUT2D eigenvalue weighted by Gasteiger charge is 2.08. The molecule has 4 aromatic rings. The molecule has 0 amide bonds. The summed E-state index contributed by atoms with van der Waals surface area (Å²) in [5.41, 5.74) is 13.0. The Morgan fingerprint density at radius 1 is 0.565 bits per heavy atom. The van der Waals surface area contributed by atoms with Crippen LogP contribution in [0.5, 0.6) is 0 Å². The zero-order valence-corrected chi connectivity index (χ0v) is 27.0. The van der Waals surface area contributed by atoms with E-state index in [4.69, 9.17) is 9.47 Å². The zero-order valence-electron chi connectivity index (χ0n) is 27.0. The maximum absolute atomic E-state index is 11.3. The van der Waals surface area contributed by atoms with Crippen LogP contribution in [0.1, 0.15) is 55.6 Å². The standard InChI is InChI=1S/C42H38O4/c1-7-40(43)45-23-21-37-17-15-34(25-29(37)3)10-9-33-13-19-39(20-14-33)42-31(5)27-36(28-32(42)6)12-11-35-16-18-38(30(4)26-35)22-24-46-41(44)8-2/h7-8,13-20,25-28H,1-2,21-24H2,3-6H3. The number of benzene rings is 4. The van der Waals surface area contributed by atoms with Crippen molar-refractivity contribution in [2.24, 2.45) is 0 Å². The molecule has 0 N–H and O–H groups in total. The van der Waals surface area contributed by atoms with E-state index < -0.39 is 11.9 Å². The number of aryl methyl sites for hydroxylation is 4. The first-order chi connectivity index (χ1) is 22.2. The van der Waals surface area contributed by atoms with Gasteiger partial charge in [0.2, 0.25) is 0 Å². The number of carbonyl (C=O) groups excluding carboxylic acids is 2. The molecule has 0 saturated carbocycles. The molecule has 0 aliphatic carbocycles. The van der Waals surface area contributed by atoms with Crippen molar-refractivity contribution in [3.8, 4) is 34.8 Å². The van der Waals surface area contributed by atoms with E-state index in [1.54, 1.807) is 0 Å². The molecule has 0 saturated heterocycles. The molecule has 0 heterocycles. The third kappa shape index (κ3) is 9.21. The van der Waals surface area contributed by atoms with E-state index in [2.05, 4.69) is 99.2 Å². The quantitative estimate of drug-likeness (QED) is 0.110.